The summed E-state index contributed by atoms with van der Waals surface area (Å²) >= 11 is 0. The fourth-order valence-electron chi connectivity index (χ4n) is 1.42. The molecular formula is C10H21NO. The topological polar surface area (TPSA) is 20.3 Å². The maximum Gasteiger partial charge on any atom is 0.225 e. The average Bonchev–Trinajstić information content (AvgIpc) is 2.05. The van der Waals surface area contributed by atoms with Crippen LogP contribution in [0.4, 0.5) is 0 Å². The van der Waals surface area contributed by atoms with E-state index in [1.54, 1.807) is 0 Å². The van der Waals surface area contributed by atoms with E-state index in [0.29, 0.717) is 6.04 Å². The summed E-state index contributed by atoms with van der Waals surface area (Å²) in [4.78, 5) is 13.4. The Morgan fingerprint density at radius 2 is 1.67 bits per heavy atom. The number of hydrogen-bond donors (Lipinski definition) is 0. The van der Waals surface area contributed by atoms with Crippen LogP contribution >= 0.6 is 0 Å². The first kappa shape index (κ1) is 11.5. The van der Waals surface area contributed by atoms with Gasteiger partial charge in [-0.1, -0.05) is 27.7 Å². The van der Waals surface area contributed by atoms with Gasteiger partial charge in [-0.3, -0.25) is 4.79 Å². The Kier molecular flexibility index (Phi) is 4.95. The summed E-state index contributed by atoms with van der Waals surface area (Å²) in [6, 6.07) is 0.417. The maximum atomic E-state index is 11.5. The van der Waals surface area contributed by atoms with Crippen LogP contribution in [0.2, 0.25) is 0 Å². The molecule has 0 unspecified atom stereocenters. The SMILES string of the molecule is CCC(CC)N(C)C(=O)C(C)C. The molecule has 0 aromatic rings. The van der Waals surface area contributed by atoms with E-state index >= 15 is 0 Å². The van der Waals surface area contributed by atoms with Crippen molar-refractivity contribution in [2.75, 3.05) is 7.05 Å². The van der Waals surface area contributed by atoms with Crippen molar-refractivity contribution in [2.45, 2.75) is 46.6 Å². The molecule has 0 aliphatic rings. The van der Waals surface area contributed by atoms with Crippen LogP contribution in [0.3, 0.4) is 0 Å². The van der Waals surface area contributed by atoms with Crippen molar-refractivity contribution in [1.29, 1.82) is 0 Å². The molecule has 0 fully saturated rings. The molecule has 0 N–H and O–H groups in total. The van der Waals surface area contributed by atoms with Gasteiger partial charge in [0.1, 0.15) is 0 Å². The highest BCUT2D eigenvalue weighted by molar-refractivity contribution is 5.78. The Morgan fingerprint density at radius 1 is 1.25 bits per heavy atom. The van der Waals surface area contributed by atoms with Crippen LogP contribution in [-0.4, -0.2) is 23.9 Å². The zero-order chi connectivity index (χ0) is 9.72. The zero-order valence-corrected chi connectivity index (χ0v) is 8.92. The van der Waals surface area contributed by atoms with Crippen LogP contribution in [0.25, 0.3) is 0 Å². The Morgan fingerprint density at radius 3 is 1.92 bits per heavy atom. The van der Waals surface area contributed by atoms with Gasteiger partial charge in [-0.15, -0.1) is 0 Å². The molecule has 0 radical (unpaired) electrons. The summed E-state index contributed by atoms with van der Waals surface area (Å²) in [5.74, 6) is 0.374. The summed E-state index contributed by atoms with van der Waals surface area (Å²) in [5, 5.41) is 0. The number of amides is 1. The van der Waals surface area contributed by atoms with Gasteiger partial charge in [-0.2, -0.15) is 0 Å². The van der Waals surface area contributed by atoms with Crippen molar-refractivity contribution in [1.82, 2.24) is 4.90 Å². The van der Waals surface area contributed by atoms with Crippen molar-refractivity contribution in [3.63, 3.8) is 0 Å². The Balaban J connectivity index is 4.15. The minimum atomic E-state index is 0.121. The van der Waals surface area contributed by atoms with Crippen LogP contribution < -0.4 is 0 Å². The van der Waals surface area contributed by atoms with Crippen molar-refractivity contribution in [3.05, 3.63) is 0 Å². The standard InChI is InChI=1S/C10H21NO/c1-6-9(7-2)11(5)10(12)8(3)4/h8-9H,6-7H2,1-5H3. The van der Waals surface area contributed by atoms with E-state index in [1.807, 2.05) is 25.8 Å². The first-order chi connectivity index (χ1) is 5.54. The fourth-order valence-corrected chi connectivity index (χ4v) is 1.42. The van der Waals surface area contributed by atoms with Gasteiger partial charge >= 0.3 is 0 Å². The van der Waals surface area contributed by atoms with Gasteiger partial charge < -0.3 is 4.90 Å². The Hall–Kier alpha value is -0.530. The number of carbonyl (C=O) groups is 1. The molecule has 0 rings (SSSR count). The Bertz CT molecular complexity index is 139. The summed E-state index contributed by atoms with van der Waals surface area (Å²) in [7, 11) is 1.90. The lowest BCUT2D eigenvalue weighted by Gasteiger charge is -2.27. The van der Waals surface area contributed by atoms with E-state index in [1.165, 1.54) is 0 Å². The number of rotatable bonds is 4. The largest absolute Gasteiger partial charge is 0.343 e. The van der Waals surface area contributed by atoms with Crippen LogP contribution in [0.1, 0.15) is 40.5 Å². The van der Waals surface area contributed by atoms with Crippen LogP contribution in [-0.2, 0) is 4.79 Å². The number of hydrogen-bond acceptors (Lipinski definition) is 1. The highest BCUT2D eigenvalue weighted by Gasteiger charge is 2.18. The lowest BCUT2D eigenvalue weighted by atomic mass is 10.1. The first-order valence-corrected chi connectivity index (χ1v) is 4.81. The fraction of sp³-hybridized carbons (Fsp3) is 0.900. The molecular weight excluding hydrogens is 150 g/mol. The van der Waals surface area contributed by atoms with Crippen molar-refractivity contribution in [3.8, 4) is 0 Å². The van der Waals surface area contributed by atoms with E-state index in [2.05, 4.69) is 13.8 Å². The lowest BCUT2D eigenvalue weighted by Crippen LogP contribution is -2.38. The van der Waals surface area contributed by atoms with Crippen molar-refractivity contribution in [2.24, 2.45) is 5.92 Å². The normalized spacial score (nSPS) is 10.9. The van der Waals surface area contributed by atoms with Gasteiger partial charge in [0.15, 0.2) is 0 Å². The van der Waals surface area contributed by atoms with Crippen molar-refractivity contribution < 1.29 is 4.79 Å². The molecule has 0 aliphatic carbocycles. The molecule has 0 spiro atoms. The van der Waals surface area contributed by atoms with E-state index in [9.17, 15) is 4.79 Å². The van der Waals surface area contributed by atoms with Gasteiger partial charge in [0, 0.05) is 19.0 Å². The van der Waals surface area contributed by atoms with E-state index in [0.717, 1.165) is 12.8 Å². The summed E-state index contributed by atoms with van der Waals surface area (Å²) in [6.07, 6.45) is 2.09. The third kappa shape index (κ3) is 2.84. The molecule has 0 aromatic heterocycles. The number of nitrogens with zero attached hydrogens (tertiary/aromatic N) is 1. The molecule has 0 saturated carbocycles. The zero-order valence-electron chi connectivity index (χ0n) is 8.92. The van der Waals surface area contributed by atoms with Crippen LogP contribution in [0.15, 0.2) is 0 Å². The number of carbonyl (C=O) groups excluding carboxylic acids is 1. The molecule has 72 valence electrons. The lowest BCUT2D eigenvalue weighted by molar-refractivity contribution is -0.135. The van der Waals surface area contributed by atoms with Gasteiger partial charge in [-0.25, -0.2) is 0 Å². The molecule has 0 heterocycles. The summed E-state index contributed by atoms with van der Waals surface area (Å²) < 4.78 is 0. The molecule has 12 heavy (non-hydrogen) atoms. The third-order valence-electron chi connectivity index (χ3n) is 2.33. The first-order valence-electron chi connectivity index (χ1n) is 4.81. The summed E-state index contributed by atoms with van der Waals surface area (Å²) in [5.41, 5.74) is 0. The minimum Gasteiger partial charge on any atom is -0.343 e. The van der Waals surface area contributed by atoms with Gasteiger partial charge in [0.05, 0.1) is 0 Å². The Labute approximate surface area is 75.9 Å². The highest BCUT2D eigenvalue weighted by atomic mass is 16.2. The van der Waals surface area contributed by atoms with E-state index in [-0.39, 0.29) is 11.8 Å². The van der Waals surface area contributed by atoms with Crippen LogP contribution in [0.5, 0.6) is 0 Å². The van der Waals surface area contributed by atoms with Crippen molar-refractivity contribution >= 4 is 5.91 Å². The predicted molar refractivity (Wildman–Crippen MR) is 52.0 cm³/mol. The highest BCUT2D eigenvalue weighted by Crippen LogP contribution is 2.09. The van der Waals surface area contributed by atoms with E-state index < -0.39 is 0 Å². The van der Waals surface area contributed by atoms with Crippen LogP contribution in [0, 0.1) is 5.92 Å². The maximum absolute atomic E-state index is 11.5. The molecule has 2 nitrogen and oxygen atoms in total. The quantitative estimate of drug-likeness (QED) is 0.635. The van der Waals surface area contributed by atoms with Gasteiger partial charge in [0.25, 0.3) is 0 Å². The van der Waals surface area contributed by atoms with Gasteiger partial charge in [0.2, 0.25) is 5.91 Å². The molecule has 0 saturated heterocycles. The second kappa shape index (κ2) is 5.18. The molecule has 0 bridgehead atoms. The molecule has 0 atom stereocenters. The summed E-state index contributed by atoms with van der Waals surface area (Å²) in [6.45, 7) is 8.14. The van der Waals surface area contributed by atoms with Gasteiger partial charge in [-0.05, 0) is 12.8 Å². The molecule has 0 aromatic carbocycles. The minimum absolute atomic E-state index is 0.121. The monoisotopic (exact) mass is 171 g/mol. The second-order valence-electron chi connectivity index (χ2n) is 3.57. The van der Waals surface area contributed by atoms with E-state index in [4.69, 9.17) is 0 Å². The average molecular weight is 171 g/mol. The smallest absolute Gasteiger partial charge is 0.225 e. The molecule has 1 amide bonds. The predicted octanol–water partition coefficient (Wildman–Crippen LogP) is 2.29. The molecule has 0 aliphatic heterocycles. The second-order valence-corrected chi connectivity index (χ2v) is 3.57. The third-order valence-corrected chi connectivity index (χ3v) is 2.33. The molecule has 2 heteroatoms.